The zero-order valence-electron chi connectivity index (χ0n) is 10.7. The Bertz CT molecular complexity index is 361. The van der Waals surface area contributed by atoms with Crippen molar-refractivity contribution in [1.82, 2.24) is 0 Å². The number of aliphatic hydroxyl groups is 1. The molecule has 0 spiro atoms. The average molecular weight is 252 g/mol. The van der Waals surface area contributed by atoms with Crippen molar-refractivity contribution in [3.05, 3.63) is 29.8 Å². The summed E-state index contributed by atoms with van der Waals surface area (Å²) in [6.45, 7) is 2.56. The first-order chi connectivity index (χ1) is 8.79. The van der Waals surface area contributed by atoms with Crippen molar-refractivity contribution >= 4 is 0 Å². The van der Waals surface area contributed by atoms with Crippen molar-refractivity contribution in [2.24, 2.45) is 5.92 Å². The molecule has 1 aromatic rings. The largest absolute Gasteiger partial charge is 0.497 e. The zero-order chi connectivity index (χ0) is 12.8. The Balaban J connectivity index is 1.77. The normalized spacial score (nSPS) is 20.9. The second-order valence-corrected chi connectivity index (χ2v) is 4.56. The summed E-state index contributed by atoms with van der Waals surface area (Å²) in [6.07, 6.45) is 0.442. The van der Waals surface area contributed by atoms with Gasteiger partial charge in [-0.25, -0.2) is 0 Å². The molecule has 1 aliphatic rings. The second kappa shape index (κ2) is 6.73. The molecule has 1 aromatic carbocycles. The Hall–Kier alpha value is -1.10. The van der Waals surface area contributed by atoms with Crippen LogP contribution in [0.5, 0.6) is 5.75 Å². The number of hydrogen-bond donors (Lipinski definition) is 1. The number of rotatable bonds is 6. The van der Waals surface area contributed by atoms with E-state index in [-0.39, 0.29) is 0 Å². The molecule has 18 heavy (non-hydrogen) atoms. The summed E-state index contributed by atoms with van der Waals surface area (Å²) < 4.78 is 15.9. The van der Waals surface area contributed by atoms with Gasteiger partial charge in [-0.3, -0.25) is 0 Å². The van der Waals surface area contributed by atoms with Gasteiger partial charge in [0.05, 0.1) is 26.9 Å². The molecule has 1 fully saturated rings. The summed E-state index contributed by atoms with van der Waals surface area (Å²) >= 11 is 0. The van der Waals surface area contributed by atoms with Gasteiger partial charge in [-0.1, -0.05) is 12.1 Å². The summed E-state index contributed by atoms with van der Waals surface area (Å²) in [4.78, 5) is 0. The summed E-state index contributed by atoms with van der Waals surface area (Å²) in [7, 11) is 1.61. The molecule has 1 N–H and O–H groups in total. The van der Waals surface area contributed by atoms with Crippen LogP contribution < -0.4 is 4.74 Å². The van der Waals surface area contributed by atoms with Crippen molar-refractivity contribution < 1.29 is 19.3 Å². The van der Waals surface area contributed by atoms with Crippen LogP contribution >= 0.6 is 0 Å². The number of methoxy groups -OCH3 is 1. The fourth-order valence-electron chi connectivity index (χ4n) is 2.01. The lowest BCUT2D eigenvalue weighted by Gasteiger charge is -2.14. The number of aliphatic hydroxyl groups excluding tert-OH is 1. The third kappa shape index (κ3) is 3.70. The molecule has 2 rings (SSSR count). The fraction of sp³-hybridized carbons (Fsp3) is 0.571. The van der Waals surface area contributed by atoms with Gasteiger partial charge in [0, 0.05) is 12.5 Å². The quantitative estimate of drug-likeness (QED) is 0.838. The maximum Gasteiger partial charge on any atom is 0.119 e. The van der Waals surface area contributed by atoms with Gasteiger partial charge < -0.3 is 19.3 Å². The van der Waals surface area contributed by atoms with Gasteiger partial charge in [-0.15, -0.1) is 0 Å². The topological polar surface area (TPSA) is 47.9 Å². The molecule has 2 unspecified atom stereocenters. The van der Waals surface area contributed by atoms with Crippen LogP contribution in [0, 0.1) is 5.92 Å². The van der Waals surface area contributed by atoms with Crippen LogP contribution in [0.25, 0.3) is 0 Å². The molecule has 4 heteroatoms. The van der Waals surface area contributed by atoms with E-state index in [4.69, 9.17) is 14.2 Å². The summed E-state index contributed by atoms with van der Waals surface area (Å²) in [5.41, 5.74) is 0.817. The van der Waals surface area contributed by atoms with Crippen LogP contribution in [0.2, 0.25) is 0 Å². The lowest BCUT2D eigenvalue weighted by molar-refractivity contribution is 0.0184. The van der Waals surface area contributed by atoms with E-state index in [1.165, 1.54) is 0 Å². The minimum Gasteiger partial charge on any atom is -0.497 e. The smallest absolute Gasteiger partial charge is 0.119 e. The first-order valence-electron chi connectivity index (χ1n) is 6.27. The lowest BCUT2D eigenvalue weighted by atomic mass is 10.1. The number of benzene rings is 1. The van der Waals surface area contributed by atoms with Gasteiger partial charge in [0.25, 0.3) is 0 Å². The fourth-order valence-corrected chi connectivity index (χ4v) is 2.01. The highest BCUT2D eigenvalue weighted by molar-refractivity contribution is 5.29. The van der Waals surface area contributed by atoms with E-state index in [2.05, 4.69) is 0 Å². The summed E-state index contributed by atoms with van der Waals surface area (Å²) in [6, 6.07) is 7.41. The van der Waals surface area contributed by atoms with Gasteiger partial charge in [0.15, 0.2) is 0 Å². The Morgan fingerprint density at radius 1 is 1.50 bits per heavy atom. The van der Waals surface area contributed by atoms with Crippen molar-refractivity contribution in [3.8, 4) is 5.75 Å². The van der Waals surface area contributed by atoms with E-state index in [1.807, 2.05) is 24.3 Å². The third-order valence-electron chi connectivity index (χ3n) is 3.13. The van der Waals surface area contributed by atoms with Crippen molar-refractivity contribution in [2.75, 3.05) is 33.5 Å². The van der Waals surface area contributed by atoms with Crippen LogP contribution in [0.3, 0.4) is 0 Å². The minimum absolute atomic E-state index is 0.309. The van der Waals surface area contributed by atoms with E-state index in [1.54, 1.807) is 7.11 Å². The van der Waals surface area contributed by atoms with Crippen LogP contribution in [-0.2, 0) is 9.47 Å². The minimum atomic E-state index is -0.609. The van der Waals surface area contributed by atoms with Crippen molar-refractivity contribution in [1.29, 1.82) is 0 Å². The molecular formula is C14H20O4. The maximum atomic E-state index is 10.0. The van der Waals surface area contributed by atoms with Gasteiger partial charge in [0.1, 0.15) is 11.9 Å². The van der Waals surface area contributed by atoms with E-state index < -0.39 is 6.10 Å². The predicted octanol–water partition coefficient (Wildman–Crippen LogP) is 1.78. The van der Waals surface area contributed by atoms with Crippen LogP contribution in [0.4, 0.5) is 0 Å². The lowest BCUT2D eigenvalue weighted by Crippen LogP contribution is -2.14. The number of ether oxygens (including phenoxy) is 3. The first kappa shape index (κ1) is 13.3. The third-order valence-corrected chi connectivity index (χ3v) is 3.13. The van der Waals surface area contributed by atoms with Gasteiger partial charge in [0.2, 0.25) is 0 Å². The molecule has 1 saturated heterocycles. The first-order valence-corrected chi connectivity index (χ1v) is 6.27. The molecular weight excluding hydrogens is 232 g/mol. The molecule has 1 heterocycles. The van der Waals surface area contributed by atoms with E-state index in [9.17, 15) is 5.11 Å². The molecule has 0 aromatic heterocycles. The monoisotopic (exact) mass is 252 g/mol. The Kier molecular flexibility index (Phi) is 4.99. The molecule has 0 aliphatic carbocycles. The van der Waals surface area contributed by atoms with E-state index in [0.717, 1.165) is 30.9 Å². The summed E-state index contributed by atoms with van der Waals surface area (Å²) in [5.74, 6) is 1.22. The molecule has 100 valence electrons. The molecule has 0 saturated carbocycles. The highest BCUT2D eigenvalue weighted by Crippen LogP contribution is 2.20. The molecule has 0 amide bonds. The highest BCUT2D eigenvalue weighted by Gasteiger charge is 2.16. The van der Waals surface area contributed by atoms with Crippen LogP contribution in [-0.4, -0.2) is 38.6 Å². The average Bonchev–Trinajstić information content (AvgIpc) is 2.92. The molecule has 2 atom stereocenters. The Labute approximate surface area is 107 Å². The summed E-state index contributed by atoms with van der Waals surface area (Å²) in [5, 5.41) is 10.0. The highest BCUT2D eigenvalue weighted by atomic mass is 16.5. The molecule has 4 nitrogen and oxygen atoms in total. The van der Waals surface area contributed by atoms with E-state index in [0.29, 0.717) is 19.1 Å². The maximum absolute atomic E-state index is 10.0. The molecule has 0 radical (unpaired) electrons. The zero-order valence-corrected chi connectivity index (χ0v) is 10.7. The van der Waals surface area contributed by atoms with Crippen LogP contribution in [0.15, 0.2) is 24.3 Å². The molecule has 1 aliphatic heterocycles. The van der Waals surface area contributed by atoms with Gasteiger partial charge in [-0.2, -0.15) is 0 Å². The Morgan fingerprint density at radius 2 is 2.39 bits per heavy atom. The van der Waals surface area contributed by atoms with Gasteiger partial charge in [-0.05, 0) is 24.1 Å². The SMILES string of the molecule is COc1cccc(C(O)COCC2CCOC2)c1. The van der Waals surface area contributed by atoms with E-state index >= 15 is 0 Å². The number of hydrogen-bond acceptors (Lipinski definition) is 4. The van der Waals surface area contributed by atoms with Crippen molar-refractivity contribution in [2.45, 2.75) is 12.5 Å². The van der Waals surface area contributed by atoms with Crippen LogP contribution in [0.1, 0.15) is 18.1 Å². The molecule has 0 bridgehead atoms. The second-order valence-electron chi connectivity index (χ2n) is 4.56. The standard InChI is InChI=1S/C14H20O4/c1-16-13-4-2-3-12(7-13)14(15)10-18-9-11-5-6-17-8-11/h2-4,7,11,14-15H,5-6,8-10H2,1H3. The Morgan fingerprint density at radius 3 is 3.11 bits per heavy atom. The predicted molar refractivity (Wildman–Crippen MR) is 67.7 cm³/mol. The van der Waals surface area contributed by atoms with Crippen molar-refractivity contribution in [3.63, 3.8) is 0 Å². The van der Waals surface area contributed by atoms with Gasteiger partial charge >= 0.3 is 0 Å².